The van der Waals surface area contributed by atoms with E-state index < -0.39 is 0 Å². The smallest absolute Gasteiger partial charge is 0.164 e. The number of fused-ring (bicyclic) bond motifs is 3. The Morgan fingerprint density at radius 2 is 0.600 bits per heavy atom. The maximum atomic E-state index is 5.21. The van der Waals surface area contributed by atoms with Crippen molar-refractivity contribution in [1.82, 2.24) is 19.9 Å². The molecule has 0 amide bonds. The maximum Gasteiger partial charge on any atom is 0.164 e. The van der Waals surface area contributed by atoms with Crippen molar-refractivity contribution >= 4 is 21.8 Å². The molecule has 0 spiro atoms. The minimum atomic E-state index is 0.615. The van der Waals surface area contributed by atoms with E-state index in [0.717, 1.165) is 55.5 Å². The molecule has 10 aromatic rings. The summed E-state index contributed by atoms with van der Waals surface area (Å²) in [5.74, 6) is 1.85. The Morgan fingerprint density at radius 3 is 1.16 bits per heavy atom. The lowest BCUT2D eigenvalue weighted by atomic mass is 9.94. The van der Waals surface area contributed by atoms with Crippen LogP contribution >= 0.6 is 0 Å². The van der Waals surface area contributed by atoms with Gasteiger partial charge in [-0.3, -0.25) is 0 Å². The number of hydrogen-bond donors (Lipinski definition) is 1. The van der Waals surface area contributed by atoms with Crippen molar-refractivity contribution in [3.05, 3.63) is 200 Å². The predicted molar refractivity (Wildman–Crippen MR) is 227 cm³/mol. The van der Waals surface area contributed by atoms with Crippen LogP contribution in [0.5, 0.6) is 0 Å². The zero-order chi connectivity index (χ0) is 36.6. The van der Waals surface area contributed by atoms with E-state index in [-0.39, 0.29) is 0 Å². The molecule has 0 bridgehead atoms. The van der Waals surface area contributed by atoms with E-state index in [0.29, 0.717) is 17.5 Å². The highest BCUT2D eigenvalue weighted by molar-refractivity contribution is 6.08. The Bertz CT molecular complexity index is 2930. The van der Waals surface area contributed by atoms with Crippen molar-refractivity contribution in [2.24, 2.45) is 0 Å². The Morgan fingerprint density at radius 1 is 0.236 bits per heavy atom. The standard InChI is InChI=1S/C51H34N4/c1-4-12-34(13-5-1)37-20-22-39(23-21-37)43-30-42(36-16-8-3-9-17-36)31-44(32-43)51-54-49(40-26-24-38(25-27-40)35-14-6-2-7-15-35)53-50(55-51)41-28-29-46-45-18-10-11-19-47(45)52-48(46)33-41/h1-33,52H. The molecule has 8 aromatic carbocycles. The minimum Gasteiger partial charge on any atom is -0.354 e. The van der Waals surface area contributed by atoms with Crippen LogP contribution < -0.4 is 0 Å². The molecule has 4 nitrogen and oxygen atoms in total. The van der Waals surface area contributed by atoms with Crippen molar-refractivity contribution in [3.8, 4) is 78.7 Å². The second-order valence-electron chi connectivity index (χ2n) is 13.8. The van der Waals surface area contributed by atoms with Gasteiger partial charge in [0.05, 0.1) is 0 Å². The van der Waals surface area contributed by atoms with Gasteiger partial charge in [0.25, 0.3) is 0 Å². The van der Waals surface area contributed by atoms with E-state index in [1.807, 2.05) is 18.2 Å². The van der Waals surface area contributed by atoms with Gasteiger partial charge in [0, 0.05) is 38.5 Å². The van der Waals surface area contributed by atoms with Crippen LogP contribution in [0.3, 0.4) is 0 Å². The van der Waals surface area contributed by atoms with E-state index >= 15 is 0 Å². The average Bonchev–Trinajstić information content (AvgIpc) is 3.65. The zero-order valence-corrected chi connectivity index (χ0v) is 29.9. The predicted octanol–water partition coefficient (Wildman–Crippen LogP) is 13.2. The molecule has 2 heterocycles. The summed E-state index contributed by atoms with van der Waals surface area (Å²) in [7, 11) is 0. The van der Waals surface area contributed by atoms with Gasteiger partial charge in [0.15, 0.2) is 17.5 Å². The first kappa shape index (κ1) is 32.2. The van der Waals surface area contributed by atoms with Crippen LogP contribution in [0.4, 0.5) is 0 Å². The Labute approximate surface area is 319 Å². The minimum absolute atomic E-state index is 0.615. The number of rotatable bonds is 7. The van der Waals surface area contributed by atoms with Crippen LogP contribution in [0.1, 0.15) is 0 Å². The third kappa shape index (κ3) is 6.36. The van der Waals surface area contributed by atoms with Gasteiger partial charge in [-0.25, -0.2) is 15.0 Å². The van der Waals surface area contributed by atoms with Gasteiger partial charge in [-0.2, -0.15) is 0 Å². The SMILES string of the molecule is c1ccc(-c2ccc(-c3cc(-c4ccccc4)cc(-c4nc(-c5ccc(-c6ccccc6)cc5)nc(-c5ccc6c(c5)[nH]c5ccccc56)n4)c3)cc2)cc1. The van der Waals surface area contributed by atoms with Crippen LogP contribution in [0.25, 0.3) is 100 Å². The van der Waals surface area contributed by atoms with Crippen LogP contribution in [-0.4, -0.2) is 19.9 Å². The number of benzene rings is 8. The first-order valence-electron chi connectivity index (χ1n) is 18.5. The largest absolute Gasteiger partial charge is 0.354 e. The van der Waals surface area contributed by atoms with Crippen LogP contribution in [0.15, 0.2) is 200 Å². The average molecular weight is 703 g/mol. The monoisotopic (exact) mass is 702 g/mol. The lowest BCUT2D eigenvalue weighted by molar-refractivity contribution is 1.07. The summed E-state index contributed by atoms with van der Waals surface area (Å²) in [6, 6.07) is 70.1. The molecule has 10 rings (SSSR count). The molecule has 1 N–H and O–H groups in total. The summed E-state index contributed by atoms with van der Waals surface area (Å²) in [6.45, 7) is 0. The highest BCUT2D eigenvalue weighted by Gasteiger charge is 2.16. The molecule has 0 atom stereocenters. The fourth-order valence-corrected chi connectivity index (χ4v) is 7.41. The first-order valence-corrected chi connectivity index (χ1v) is 18.5. The fraction of sp³-hybridized carbons (Fsp3) is 0. The zero-order valence-electron chi connectivity index (χ0n) is 29.9. The summed E-state index contributed by atoms with van der Waals surface area (Å²) < 4.78 is 0. The number of hydrogen-bond acceptors (Lipinski definition) is 3. The van der Waals surface area contributed by atoms with Crippen LogP contribution in [0, 0.1) is 0 Å². The van der Waals surface area contributed by atoms with Crippen LogP contribution in [0.2, 0.25) is 0 Å². The second kappa shape index (κ2) is 13.8. The van der Waals surface area contributed by atoms with Gasteiger partial charge in [0.1, 0.15) is 0 Å². The van der Waals surface area contributed by atoms with Crippen molar-refractivity contribution in [2.75, 3.05) is 0 Å². The topological polar surface area (TPSA) is 54.5 Å². The lowest BCUT2D eigenvalue weighted by Gasteiger charge is -2.13. The van der Waals surface area contributed by atoms with E-state index in [9.17, 15) is 0 Å². The molecular formula is C51H34N4. The highest BCUT2D eigenvalue weighted by atomic mass is 15.0. The Hall–Kier alpha value is -7.43. The number of nitrogens with one attached hydrogen (secondary N) is 1. The van der Waals surface area contributed by atoms with Crippen LogP contribution in [-0.2, 0) is 0 Å². The van der Waals surface area contributed by atoms with Crippen molar-refractivity contribution in [2.45, 2.75) is 0 Å². The summed E-state index contributed by atoms with van der Waals surface area (Å²) in [6.07, 6.45) is 0. The quantitative estimate of drug-likeness (QED) is 0.180. The van der Waals surface area contributed by atoms with Gasteiger partial charge < -0.3 is 4.98 Å². The summed E-state index contributed by atoms with van der Waals surface area (Å²) in [5, 5.41) is 2.37. The number of H-pyrrole nitrogens is 1. The molecule has 0 fully saturated rings. The third-order valence-electron chi connectivity index (χ3n) is 10.3. The van der Waals surface area contributed by atoms with Crippen molar-refractivity contribution in [3.63, 3.8) is 0 Å². The molecule has 0 aliphatic heterocycles. The van der Waals surface area contributed by atoms with E-state index in [1.165, 1.54) is 27.5 Å². The molecule has 258 valence electrons. The second-order valence-corrected chi connectivity index (χ2v) is 13.8. The molecular weight excluding hydrogens is 669 g/mol. The molecule has 2 aromatic heterocycles. The lowest BCUT2D eigenvalue weighted by Crippen LogP contribution is -2.00. The molecule has 0 aliphatic rings. The Kier molecular flexibility index (Phi) is 8.12. The van der Waals surface area contributed by atoms with Gasteiger partial charge in [-0.05, 0) is 74.8 Å². The normalized spacial score (nSPS) is 11.3. The number of para-hydroxylation sites is 1. The molecule has 0 radical (unpaired) electrons. The molecule has 4 heteroatoms. The molecule has 55 heavy (non-hydrogen) atoms. The van der Waals surface area contributed by atoms with Gasteiger partial charge in [-0.15, -0.1) is 0 Å². The number of aromatic amines is 1. The number of nitrogens with zero attached hydrogens (tertiary/aromatic N) is 3. The summed E-state index contributed by atoms with van der Waals surface area (Å²) in [5.41, 5.74) is 14.0. The van der Waals surface area contributed by atoms with E-state index in [4.69, 9.17) is 15.0 Å². The Balaban J connectivity index is 1.13. The summed E-state index contributed by atoms with van der Waals surface area (Å²) >= 11 is 0. The van der Waals surface area contributed by atoms with Gasteiger partial charge in [-0.1, -0.05) is 170 Å². The molecule has 0 unspecified atom stereocenters. The number of aromatic nitrogens is 4. The van der Waals surface area contributed by atoms with Crippen molar-refractivity contribution in [1.29, 1.82) is 0 Å². The van der Waals surface area contributed by atoms with Gasteiger partial charge >= 0.3 is 0 Å². The highest BCUT2D eigenvalue weighted by Crippen LogP contribution is 2.35. The van der Waals surface area contributed by atoms with Gasteiger partial charge in [0.2, 0.25) is 0 Å². The fourth-order valence-electron chi connectivity index (χ4n) is 7.41. The first-order chi connectivity index (χ1) is 27.2. The summed E-state index contributed by atoms with van der Waals surface area (Å²) in [4.78, 5) is 19.1. The maximum absolute atomic E-state index is 5.21. The van der Waals surface area contributed by atoms with E-state index in [1.54, 1.807) is 0 Å². The molecule has 0 saturated heterocycles. The van der Waals surface area contributed by atoms with E-state index in [2.05, 4.69) is 187 Å². The third-order valence-corrected chi connectivity index (χ3v) is 10.3. The molecule has 0 saturated carbocycles. The molecule has 0 aliphatic carbocycles. The van der Waals surface area contributed by atoms with Crippen molar-refractivity contribution < 1.29 is 0 Å².